The van der Waals surface area contributed by atoms with Gasteiger partial charge in [0.05, 0.1) is 6.61 Å². The van der Waals surface area contributed by atoms with Gasteiger partial charge in [0.1, 0.15) is 12.6 Å². The molecule has 0 heterocycles. The van der Waals surface area contributed by atoms with Crippen molar-refractivity contribution in [3.63, 3.8) is 0 Å². The maximum atomic E-state index is 12.7. The normalized spacial score (nSPS) is 11.3. The summed E-state index contributed by atoms with van der Waals surface area (Å²) in [6.45, 7) is 0.334. The largest absolute Gasteiger partial charge is 0.461 e. The van der Waals surface area contributed by atoms with Gasteiger partial charge in [-0.1, -0.05) is 91.0 Å². The molecule has 0 saturated heterocycles. The molecule has 7 nitrogen and oxygen atoms in total. The number of hydrogen-bond acceptors (Lipinski definition) is 5. The topological polar surface area (TPSA) is 93.7 Å². The third-order valence-electron chi connectivity index (χ3n) is 5.27. The van der Waals surface area contributed by atoms with Crippen LogP contribution in [0.3, 0.4) is 0 Å². The smallest absolute Gasteiger partial charge is 0.306 e. The van der Waals surface area contributed by atoms with Crippen LogP contribution in [0.4, 0.5) is 0 Å². The van der Waals surface area contributed by atoms with Gasteiger partial charge >= 0.3 is 5.97 Å². The summed E-state index contributed by atoms with van der Waals surface area (Å²) in [6.07, 6.45) is 0.829. The predicted molar refractivity (Wildman–Crippen MR) is 132 cm³/mol. The summed E-state index contributed by atoms with van der Waals surface area (Å²) >= 11 is 0. The number of amides is 2. The second-order valence-corrected chi connectivity index (χ2v) is 8.03. The van der Waals surface area contributed by atoms with Gasteiger partial charge in [-0.05, 0) is 29.5 Å². The van der Waals surface area contributed by atoms with Crippen molar-refractivity contribution >= 4 is 17.8 Å². The zero-order chi connectivity index (χ0) is 24.7. The van der Waals surface area contributed by atoms with Crippen molar-refractivity contribution in [1.29, 1.82) is 0 Å². The van der Waals surface area contributed by atoms with Gasteiger partial charge in [-0.25, -0.2) is 5.48 Å². The van der Waals surface area contributed by atoms with E-state index >= 15 is 0 Å². The third kappa shape index (κ3) is 9.81. The standard InChI is InChI=1S/C28H30N2O5/c31-26(18-16-22-10-4-1-5-11-22)29-25(28(33)30-35-21-24-14-8-3-9-15-24)17-19-27(32)34-20-23-12-6-2-7-13-23/h1-15,25H,16-21H2,(H,29,31)(H,30,33)/t25-/m1/s1. The number of rotatable bonds is 13. The van der Waals surface area contributed by atoms with Crippen LogP contribution >= 0.6 is 0 Å². The van der Waals surface area contributed by atoms with Crippen LogP contribution in [0.2, 0.25) is 0 Å². The molecule has 0 aliphatic carbocycles. The van der Waals surface area contributed by atoms with Crippen LogP contribution < -0.4 is 10.8 Å². The lowest BCUT2D eigenvalue weighted by Gasteiger charge is -2.18. The fraction of sp³-hybridized carbons (Fsp3) is 0.250. The fourth-order valence-electron chi connectivity index (χ4n) is 3.35. The Hall–Kier alpha value is -3.97. The van der Waals surface area contributed by atoms with Crippen LogP contribution in [0, 0.1) is 0 Å². The van der Waals surface area contributed by atoms with E-state index in [0.29, 0.717) is 6.42 Å². The molecule has 0 aliphatic rings. The molecule has 182 valence electrons. The number of aryl methyl sites for hydroxylation is 1. The zero-order valence-corrected chi connectivity index (χ0v) is 19.5. The zero-order valence-electron chi connectivity index (χ0n) is 19.5. The summed E-state index contributed by atoms with van der Waals surface area (Å²) in [7, 11) is 0. The van der Waals surface area contributed by atoms with Crippen molar-refractivity contribution in [3.8, 4) is 0 Å². The Bertz CT molecular complexity index is 1060. The molecule has 3 aromatic rings. The molecule has 7 heteroatoms. The molecule has 2 amide bonds. The Labute approximate surface area is 205 Å². The van der Waals surface area contributed by atoms with E-state index in [9.17, 15) is 14.4 Å². The van der Waals surface area contributed by atoms with Gasteiger partial charge in [0, 0.05) is 12.8 Å². The molecule has 0 radical (unpaired) electrons. The van der Waals surface area contributed by atoms with E-state index in [1.807, 2.05) is 91.0 Å². The number of carbonyl (C=O) groups is 3. The minimum Gasteiger partial charge on any atom is -0.461 e. The number of hydroxylamine groups is 1. The van der Waals surface area contributed by atoms with Crippen molar-refractivity contribution in [2.45, 2.75) is 44.9 Å². The highest BCUT2D eigenvalue weighted by Gasteiger charge is 2.22. The summed E-state index contributed by atoms with van der Waals surface area (Å²) in [6, 6.07) is 27.4. The first kappa shape index (κ1) is 25.6. The Morgan fingerprint density at radius 2 is 1.23 bits per heavy atom. The van der Waals surface area contributed by atoms with Crippen molar-refractivity contribution in [2.75, 3.05) is 0 Å². The average molecular weight is 475 g/mol. The van der Waals surface area contributed by atoms with Crippen LogP contribution in [-0.4, -0.2) is 23.8 Å². The Morgan fingerprint density at radius 1 is 0.686 bits per heavy atom. The minimum absolute atomic E-state index is 0.0252. The highest BCUT2D eigenvalue weighted by Crippen LogP contribution is 2.07. The third-order valence-corrected chi connectivity index (χ3v) is 5.27. The second kappa shape index (κ2) is 14.3. The van der Waals surface area contributed by atoms with Crippen LogP contribution in [-0.2, 0) is 43.6 Å². The van der Waals surface area contributed by atoms with Crippen LogP contribution in [0.15, 0.2) is 91.0 Å². The monoisotopic (exact) mass is 474 g/mol. The van der Waals surface area contributed by atoms with Gasteiger partial charge in [0.2, 0.25) is 5.91 Å². The van der Waals surface area contributed by atoms with Crippen molar-refractivity contribution in [2.24, 2.45) is 0 Å². The fourth-order valence-corrected chi connectivity index (χ4v) is 3.35. The number of esters is 1. The number of hydrogen-bond donors (Lipinski definition) is 2. The SMILES string of the molecule is O=C(CCc1ccccc1)N[C@H](CCC(=O)OCc1ccccc1)C(=O)NOCc1ccccc1. The van der Waals surface area contributed by atoms with Crippen molar-refractivity contribution < 1.29 is 24.0 Å². The first-order valence-corrected chi connectivity index (χ1v) is 11.6. The summed E-state index contributed by atoms with van der Waals surface area (Å²) in [5, 5.41) is 2.73. The van der Waals surface area contributed by atoms with Gasteiger partial charge < -0.3 is 10.1 Å². The molecular formula is C28H30N2O5. The summed E-state index contributed by atoms with van der Waals surface area (Å²) in [4.78, 5) is 42.8. The van der Waals surface area contributed by atoms with Gasteiger partial charge in [0.25, 0.3) is 5.91 Å². The lowest BCUT2D eigenvalue weighted by atomic mass is 10.1. The molecule has 0 spiro atoms. The number of carbonyl (C=O) groups excluding carboxylic acids is 3. The average Bonchev–Trinajstić information content (AvgIpc) is 2.90. The van der Waals surface area contributed by atoms with E-state index in [1.54, 1.807) is 0 Å². The maximum absolute atomic E-state index is 12.7. The predicted octanol–water partition coefficient (Wildman–Crippen LogP) is 3.88. The Morgan fingerprint density at radius 3 is 1.83 bits per heavy atom. The number of benzene rings is 3. The highest BCUT2D eigenvalue weighted by atomic mass is 16.6. The van der Waals surface area contributed by atoms with E-state index in [4.69, 9.17) is 9.57 Å². The summed E-state index contributed by atoms with van der Waals surface area (Å²) < 4.78 is 5.29. The lowest BCUT2D eigenvalue weighted by molar-refractivity contribution is -0.146. The Kier molecular flexibility index (Phi) is 10.5. The Balaban J connectivity index is 1.50. The van der Waals surface area contributed by atoms with E-state index in [-0.39, 0.29) is 38.4 Å². The molecule has 0 fully saturated rings. The molecule has 1 atom stereocenters. The van der Waals surface area contributed by atoms with Gasteiger partial charge in [-0.15, -0.1) is 0 Å². The first-order chi connectivity index (χ1) is 17.1. The molecule has 0 unspecified atom stereocenters. The first-order valence-electron chi connectivity index (χ1n) is 11.6. The number of ether oxygens (including phenoxy) is 1. The molecule has 2 N–H and O–H groups in total. The van der Waals surface area contributed by atoms with Gasteiger partial charge in [0.15, 0.2) is 0 Å². The van der Waals surface area contributed by atoms with Gasteiger partial charge in [-0.2, -0.15) is 0 Å². The van der Waals surface area contributed by atoms with E-state index in [2.05, 4.69) is 10.8 Å². The summed E-state index contributed by atoms with van der Waals surface area (Å²) in [5.41, 5.74) is 5.18. The molecule has 3 rings (SSSR count). The van der Waals surface area contributed by atoms with E-state index in [1.165, 1.54) is 0 Å². The molecule has 3 aromatic carbocycles. The van der Waals surface area contributed by atoms with Crippen molar-refractivity contribution in [3.05, 3.63) is 108 Å². The van der Waals surface area contributed by atoms with E-state index < -0.39 is 17.9 Å². The maximum Gasteiger partial charge on any atom is 0.306 e. The highest BCUT2D eigenvalue weighted by molar-refractivity contribution is 5.87. The molecule has 0 bridgehead atoms. The number of nitrogens with one attached hydrogen (secondary N) is 2. The molecule has 35 heavy (non-hydrogen) atoms. The lowest BCUT2D eigenvalue weighted by Crippen LogP contribution is -2.47. The minimum atomic E-state index is -0.932. The van der Waals surface area contributed by atoms with Crippen LogP contribution in [0.1, 0.15) is 36.0 Å². The van der Waals surface area contributed by atoms with Crippen molar-refractivity contribution in [1.82, 2.24) is 10.8 Å². The quantitative estimate of drug-likeness (QED) is 0.290. The van der Waals surface area contributed by atoms with Crippen LogP contribution in [0.5, 0.6) is 0 Å². The van der Waals surface area contributed by atoms with E-state index in [0.717, 1.165) is 16.7 Å². The molecular weight excluding hydrogens is 444 g/mol. The summed E-state index contributed by atoms with van der Waals surface area (Å²) in [5.74, 6) is -1.25. The second-order valence-electron chi connectivity index (χ2n) is 8.03. The van der Waals surface area contributed by atoms with Crippen LogP contribution in [0.25, 0.3) is 0 Å². The molecule has 0 saturated carbocycles. The van der Waals surface area contributed by atoms with Gasteiger partial charge in [-0.3, -0.25) is 19.2 Å². The molecule has 0 aromatic heterocycles. The molecule has 0 aliphatic heterocycles.